The summed E-state index contributed by atoms with van der Waals surface area (Å²) < 4.78 is 5.32. The van der Waals surface area contributed by atoms with Crippen molar-refractivity contribution in [3.8, 4) is 11.8 Å². The van der Waals surface area contributed by atoms with Gasteiger partial charge in [0.05, 0.1) is 5.69 Å². The monoisotopic (exact) mass is 292 g/mol. The number of rotatable bonds is 1. The molecule has 4 nitrogen and oxygen atoms in total. The minimum Gasteiger partial charge on any atom is -0.459 e. The van der Waals surface area contributed by atoms with Gasteiger partial charge >= 0.3 is 5.97 Å². The average molecular weight is 292 g/mol. The molecule has 1 aromatic carbocycles. The van der Waals surface area contributed by atoms with Crippen molar-refractivity contribution in [3.05, 3.63) is 59.4 Å². The molecule has 1 saturated heterocycles. The summed E-state index contributed by atoms with van der Waals surface area (Å²) in [6, 6.07) is 13.3. The first-order chi connectivity index (χ1) is 10.5. The number of cyclic esters (lactones) is 1. The predicted molar refractivity (Wildman–Crippen MR) is 82.0 cm³/mol. The molecule has 0 radical (unpaired) electrons. The number of hydrogen-bond donors (Lipinski definition) is 0. The van der Waals surface area contributed by atoms with Gasteiger partial charge in [-0.3, -0.25) is 4.79 Å². The fourth-order valence-corrected chi connectivity index (χ4v) is 2.44. The zero-order chi connectivity index (χ0) is 15.6. The Morgan fingerprint density at radius 3 is 2.45 bits per heavy atom. The maximum Gasteiger partial charge on any atom is 0.315 e. The van der Waals surface area contributed by atoms with E-state index in [-0.39, 0.29) is 11.9 Å². The van der Waals surface area contributed by atoms with E-state index in [1.165, 1.54) is 0 Å². The van der Waals surface area contributed by atoms with Gasteiger partial charge in [-0.05, 0) is 44.0 Å². The number of aromatic nitrogens is 2. The lowest BCUT2D eigenvalue weighted by molar-refractivity contribution is -0.146. The molecule has 1 atom stereocenters. The van der Waals surface area contributed by atoms with E-state index in [1.54, 1.807) is 12.1 Å². The lowest BCUT2D eigenvalue weighted by atomic mass is 9.95. The quantitative estimate of drug-likeness (QED) is 0.599. The Labute approximate surface area is 129 Å². The normalized spacial score (nSPS) is 19.2. The molecular formula is C18H16N2O2. The van der Waals surface area contributed by atoms with E-state index in [0.29, 0.717) is 17.8 Å². The van der Waals surface area contributed by atoms with Crippen LogP contribution in [-0.2, 0) is 9.53 Å². The third-order valence-electron chi connectivity index (χ3n) is 3.51. The van der Waals surface area contributed by atoms with Gasteiger partial charge in [-0.1, -0.05) is 24.1 Å². The molecule has 0 N–H and O–H groups in total. The highest BCUT2D eigenvalue weighted by atomic mass is 16.6. The van der Waals surface area contributed by atoms with Crippen LogP contribution in [0.1, 0.15) is 43.1 Å². The van der Waals surface area contributed by atoms with E-state index >= 15 is 0 Å². The fraction of sp³-hybridized carbons (Fsp3) is 0.278. The molecule has 2 aromatic rings. The fourth-order valence-electron chi connectivity index (χ4n) is 2.44. The van der Waals surface area contributed by atoms with Crippen molar-refractivity contribution in [2.45, 2.75) is 31.8 Å². The molecule has 22 heavy (non-hydrogen) atoms. The largest absolute Gasteiger partial charge is 0.459 e. The van der Waals surface area contributed by atoms with Crippen LogP contribution in [0, 0.1) is 11.8 Å². The van der Waals surface area contributed by atoms with E-state index in [0.717, 1.165) is 5.56 Å². The van der Waals surface area contributed by atoms with Gasteiger partial charge in [-0.15, -0.1) is 5.10 Å². The Balaban J connectivity index is 1.77. The molecule has 1 fully saturated rings. The first-order valence-corrected chi connectivity index (χ1v) is 7.17. The molecule has 0 aliphatic carbocycles. The van der Waals surface area contributed by atoms with Crippen LogP contribution in [0.15, 0.2) is 42.5 Å². The molecular weight excluding hydrogens is 276 g/mol. The number of nitrogens with zero attached hydrogens (tertiary/aromatic N) is 2. The van der Waals surface area contributed by atoms with Gasteiger partial charge < -0.3 is 4.74 Å². The predicted octanol–water partition coefficient (Wildman–Crippen LogP) is 2.69. The smallest absolute Gasteiger partial charge is 0.315 e. The third-order valence-corrected chi connectivity index (χ3v) is 3.51. The van der Waals surface area contributed by atoms with Gasteiger partial charge in [-0.2, -0.15) is 5.10 Å². The van der Waals surface area contributed by atoms with Crippen molar-refractivity contribution < 1.29 is 9.53 Å². The summed E-state index contributed by atoms with van der Waals surface area (Å²) in [7, 11) is 0. The maximum absolute atomic E-state index is 11.9. The molecule has 0 amide bonds. The molecule has 2 heterocycles. The van der Waals surface area contributed by atoms with Gasteiger partial charge in [0.15, 0.2) is 0 Å². The summed E-state index contributed by atoms with van der Waals surface area (Å²) in [6.07, 6.45) is 0.621. The second-order valence-corrected chi connectivity index (χ2v) is 5.90. The zero-order valence-electron chi connectivity index (χ0n) is 12.5. The molecule has 110 valence electrons. The summed E-state index contributed by atoms with van der Waals surface area (Å²) in [4.78, 5) is 11.9. The molecule has 0 saturated carbocycles. The second-order valence-electron chi connectivity index (χ2n) is 5.90. The maximum atomic E-state index is 11.9. The first-order valence-electron chi connectivity index (χ1n) is 7.17. The van der Waals surface area contributed by atoms with Gasteiger partial charge in [-0.25, -0.2) is 0 Å². The van der Waals surface area contributed by atoms with Crippen LogP contribution < -0.4 is 0 Å². The van der Waals surface area contributed by atoms with Crippen molar-refractivity contribution >= 4 is 5.97 Å². The number of benzene rings is 1. The highest BCUT2D eigenvalue weighted by molar-refractivity contribution is 5.80. The molecule has 0 bridgehead atoms. The average Bonchev–Trinajstić information content (AvgIpc) is 2.80. The van der Waals surface area contributed by atoms with E-state index in [9.17, 15) is 4.79 Å². The van der Waals surface area contributed by atoms with E-state index in [4.69, 9.17) is 4.74 Å². The SMILES string of the molecule is CC1(C)CC(c2ccc(C#Cc3ccccc3)nn2)C(=O)O1. The van der Waals surface area contributed by atoms with Crippen LogP contribution in [0.4, 0.5) is 0 Å². The van der Waals surface area contributed by atoms with Crippen molar-refractivity contribution in [2.24, 2.45) is 0 Å². The molecule has 1 aliphatic rings. The van der Waals surface area contributed by atoms with Crippen LogP contribution in [0.3, 0.4) is 0 Å². The van der Waals surface area contributed by atoms with Crippen molar-refractivity contribution in [1.82, 2.24) is 10.2 Å². The standard InChI is InChI=1S/C18H16N2O2/c1-18(2)12-15(17(21)22-18)16-11-10-14(19-20-16)9-8-13-6-4-3-5-7-13/h3-7,10-11,15H,12H2,1-2H3. The summed E-state index contributed by atoms with van der Waals surface area (Å²) in [5, 5.41) is 8.22. The Morgan fingerprint density at radius 1 is 1.09 bits per heavy atom. The minimum atomic E-state index is -0.435. The molecule has 1 aromatic heterocycles. The topological polar surface area (TPSA) is 52.1 Å². The van der Waals surface area contributed by atoms with Gasteiger partial charge in [0.25, 0.3) is 0 Å². The molecule has 1 aliphatic heterocycles. The third kappa shape index (κ3) is 3.15. The first kappa shape index (κ1) is 14.3. The van der Waals surface area contributed by atoms with Crippen molar-refractivity contribution in [3.63, 3.8) is 0 Å². The lowest BCUT2D eigenvalue weighted by Gasteiger charge is -2.14. The van der Waals surface area contributed by atoms with Crippen LogP contribution in [0.25, 0.3) is 0 Å². The molecule has 4 heteroatoms. The number of carbonyl (C=O) groups is 1. The highest BCUT2D eigenvalue weighted by Gasteiger charge is 2.41. The Bertz CT molecular complexity index is 740. The zero-order valence-corrected chi connectivity index (χ0v) is 12.5. The lowest BCUT2D eigenvalue weighted by Crippen LogP contribution is -2.17. The van der Waals surface area contributed by atoms with Crippen LogP contribution in [0.5, 0.6) is 0 Å². The number of carbonyl (C=O) groups excluding carboxylic acids is 1. The summed E-state index contributed by atoms with van der Waals surface area (Å²) >= 11 is 0. The van der Waals surface area contributed by atoms with Gasteiger partial charge in [0, 0.05) is 12.0 Å². The molecule has 1 unspecified atom stereocenters. The molecule has 0 spiro atoms. The molecule has 3 rings (SSSR count). The number of hydrogen-bond acceptors (Lipinski definition) is 4. The minimum absolute atomic E-state index is 0.234. The van der Waals surface area contributed by atoms with Crippen molar-refractivity contribution in [2.75, 3.05) is 0 Å². The van der Waals surface area contributed by atoms with E-state index < -0.39 is 5.60 Å². The Morgan fingerprint density at radius 2 is 1.86 bits per heavy atom. The summed E-state index contributed by atoms with van der Waals surface area (Å²) in [5.41, 5.74) is 1.71. The Kier molecular flexibility index (Phi) is 3.64. The van der Waals surface area contributed by atoms with Gasteiger partial charge in [0.2, 0.25) is 0 Å². The Hall–Kier alpha value is -2.67. The van der Waals surface area contributed by atoms with Gasteiger partial charge in [0.1, 0.15) is 17.2 Å². The van der Waals surface area contributed by atoms with E-state index in [2.05, 4.69) is 22.0 Å². The summed E-state index contributed by atoms with van der Waals surface area (Å²) in [6.45, 7) is 3.80. The van der Waals surface area contributed by atoms with Crippen molar-refractivity contribution in [1.29, 1.82) is 0 Å². The highest BCUT2D eigenvalue weighted by Crippen LogP contribution is 2.35. The van der Waals surface area contributed by atoms with Crippen LogP contribution >= 0.6 is 0 Å². The number of ether oxygens (including phenoxy) is 1. The second kappa shape index (κ2) is 5.61. The van der Waals surface area contributed by atoms with Crippen LogP contribution in [0.2, 0.25) is 0 Å². The van der Waals surface area contributed by atoms with Crippen LogP contribution in [-0.4, -0.2) is 21.8 Å². The number of esters is 1. The summed E-state index contributed by atoms with van der Waals surface area (Å²) in [5.74, 6) is 5.43. The van der Waals surface area contributed by atoms with E-state index in [1.807, 2.05) is 44.2 Å².